The molecule has 0 amide bonds. The summed E-state index contributed by atoms with van der Waals surface area (Å²) in [6, 6.07) is 0. The lowest BCUT2D eigenvalue weighted by Crippen LogP contribution is -2.33. The molecule has 1 N–H and O–H groups in total. The molecule has 1 fully saturated rings. The first-order chi connectivity index (χ1) is 16.3. The number of aliphatic carboxylic acids is 1. The van der Waals surface area contributed by atoms with Crippen molar-refractivity contribution in [2.45, 2.75) is 123 Å². The van der Waals surface area contributed by atoms with Gasteiger partial charge in [0.15, 0.2) is 0 Å². The van der Waals surface area contributed by atoms with Crippen molar-refractivity contribution in [3.63, 3.8) is 0 Å². The third kappa shape index (κ3) is 14.2. The molecule has 1 aliphatic carbocycles. The van der Waals surface area contributed by atoms with Crippen LogP contribution >= 0.6 is 0 Å². The van der Waals surface area contributed by atoms with E-state index in [9.17, 15) is 14.4 Å². The van der Waals surface area contributed by atoms with Gasteiger partial charge >= 0.3 is 17.9 Å². The summed E-state index contributed by atoms with van der Waals surface area (Å²) in [5.41, 5.74) is 0. The molecule has 6 nitrogen and oxygen atoms in total. The van der Waals surface area contributed by atoms with Gasteiger partial charge in [0, 0.05) is 26.2 Å². The second-order valence-electron chi connectivity index (χ2n) is 9.52. The van der Waals surface area contributed by atoms with E-state index in [-0.39, 0.29) is 42.4 Å². The number of rotatable bonds is 17. The lowest BCUT2D eigenvalue weighted by Gasteiger charge is -2.35. The van der Waals surface area contributed by atoms with Gasteiger partial charge in [0.2, 0.25) is 0 Å². The molecule has 1 rings (SSSR count). The molecular weight excluding hydrogens is 432 g/mol. The van der Waals surface area contributed by atoms with E-state index in [0.717, 1.165) is 44.9 Å². The molecule has 34 heavy (non-hydrogen) atoms. The average Bonchev–Trinajstić information content (AvgIpc) is 2.77. The molecule has 0 aromatic heterocycles. The minimum Gasteiger partial charge on any atom is -0.481 e. The molecule has 4 unspecified atom stereocenters. The molecule has 0 heterocycles. The Morgan fingerprint density at radius 2 is 1.56 bits per heavy atom. The highest BCUT2D eigenvalue weighted by Gasteiger charge is 2.32. The van der Waals surface area contributed by atoms with E-state index in [0.29, 0.717) is 12.8 Å². The molecule has 194 valence electrons. The number of carbonyl (C=O) groups excluding carboxylic acids is 2. The number of hydrogen-bond donors (Lipinski definition) is 1. The van der Waals surface area contributed by atoms with Crippen molar-refractivity contribution in [1.82, 2.24) is 0 Å². The van der Waals surface area contributed by atoms with Crippen LogP contribution in [0, 0.1) is 11.8 Å². The fourth-order valence-electron chi connectivity index (χ4n) is 4.85. The van der Waals surface area contributed by atoms with E-state index in [2.05, 4.69) is 13.0 Å². The zero-order valence-electron chi connectivity index (χ0n) is 21.5. The van der Waals surface area contributed by atoms with Crippen LogP contribution in [0.3, 0.4) is 0 Å². The molecule has 4 atom stereocenters. The van der Waals surface area contributed by atoms with E-state index >= 15 is 0 Å². The maximum absolute atomic E-state index is 11.7. The minimum atomic E-state index is -0.824. The van der Waals surface area contributed by atoms with Crippen LogP contribution in [0.4, 0.5) is 0 Å². The van der Waals surface area contributed by atoms with Crippen LogP contribution in [0.5, 0.6) is 0 Å². The molecule has 0 aliphatic heterocycles. The minimum absolute atomic E-state index is 0.0872. The quantitative estimate of drug-likeness (QED) is 0.141. The average molecular weight is 479 g/mol. The topological polar surface area (TPSA) is 89.9 Å². The first-order valence-electron chi connectivity index (χ1n) is 13.2. The number of allylic oxidation sites excluding steroid dienone is 3. The van der Waals surface area contributed by atoms with Gasteiger partial charge in [0.05, 0.1) is 0 Å². The summed E-state index contributed by atoms with van der Waals surface area (Å²) in [6.07, 6.45) is 21.1. The zero-order chi connectivity index (χ0) is 25.2. The van der Waals surface area contributed by atoms with Gasteiger partial charge in [0.1, 0.15) is 12.2 Å². The summed E-state index contributed by atoms with van der Waals surface area (Å²) in [5.74, 6) is -0.924. The first kappa shape index (κ1) is 29.9. The molecule has 0 saturated heterocycles. The molecule has 1 saturated carbocycles. The Kier molecular flexibility index (Phi) is 16.1. The van der Waals surface area contributed by atoms with Gasteiger partial charge in [0.25, 0.3) is 0 Å². The predicted molar refractivity (Wildman–Crippen MR) is 134 cm³/mol. The van der Waals surface area contributed by atoms with Crippen molar-refractivity contribution >= 4 is 17.9 Å². The summed E-state index contributed by atoms with van der Waals surface area (Å²) in [5, 5.41) is 8.96. The van der Waals surface area contributed by atoms with Gasteiger partial charge in [-0.15, -0.1) is 0 Å². The SMILES string of the molecule is CCCCCCCCC(/C=C/C=C/C1CCCCC1C(CCCC(=O)O)OC(C)=O)OC(C)=O. The summed E-state index contributed by atoms with van der Waals surface area (Å²) in [4.78, 5) is 34.1. The third-order valence-electron chi connectivity index (χ3n) is 6.50. The van der Waals surface area contributed by atoms with Gasteiger partial charge in [-0.3, -0.25) is 14.4 Å². The maximum atomic E-state index is 11.7. The second kappa shape index (κ2) is 18.2. The summed E-state index contributed by atoms with van der Waals surface area (Å²) in [6.45, 7) is 5.07. The number of hydrogen-bond acceptors (Lipinski definition) is 5. The number of esters is 2. The van der Waals surface area contributed by atoms with Gasteiger partial charge in [-0.25, -0.2) is 0 Å². The zero-order valence-corrected chi connectivity index (χ0v) is 21.5. The van der Waals surface area contributed by atoms with E-state index in [1.54, 1.807) is 0 Å². The summed E-state index contributed by atoms with van der Waals surface area (Å²) in [7, 11) is 0. The molecule has 6 heteroatoms. The van der Waals surface area contributed by atoms with Crippen LogP contribution in [0.1, 0.15) is 111 Å². The van der Waals surface area contributed by atoms with Crippen molar-refractivity contribution in [2.75, 3.05) is 0 Å². The van der Waals surface area contributed by atoms with Crippen molar-refractivity contribution in [3.05, 3.63) is 24.3 Å². The molecule has 0 radical (unpaired) electrons. The number of carboxylic acid groups (broad SMARTS) is 1. The number of unbranched alkanes of at least 4 members (excludes halogenated alkanes) is 5. The second-order valence-corrected chi connectivity index (χ2v) is 9.52. The van der Waals surface area contributed by atoms with Gasteiger partial charge in [-0.05, 0) is 50.5 Å². The predicted octanol–water partition coefficient (Wildman–Crippen LogP) is 6.77. The largest absolute Gasteiger partial charge is 0.481 e. The van der Waals surface area contributed by atoms with Crippen LogP contribution in [0.15, 0.2) is 24.3 Å². The van der Waals surface area contributed by atoms with E-state index in [4.69, 9.17) is 14.6 Å². The molecule has 0 spiro atoms. The fourth-order valence-corrected chi connectivity index (χ4v) is 4.85. The molecule has 0 bridgehead atoms. The van der Waals surface area contributed by atoms with Crippen LogP contribution in [-0.4, -0.2) is 35.2 Å². The fraction of sp³-hybridized carbons (Fsp3) is 0.750. The van der Waals surface area contributed by atoms with E-state index in [1.807, 2.05) is 18.2 Å². The van der Waals surface area contributed by atoms with Crippen molar-refractivity contribution < 1.29 is 29.0 Å². The Labute approximate surface area is 206 Å². The van der Waals surface area contributed by atoms with Gasteiger partial charge in [-0.2, -0.15) is 0 Å². The van der Waals surface area contributed by atoms with Crippen molar-refractivity contribution in [2.24, 2.45) is 11.8 Å². The number of carbonyl (C=O) groups is 3. The normalized spacial score (nSPS) is 20.3. The number of ether oxygens (including phenoxy) is 2. The highest BCUT2D eigenvalue weighted by molar-refractivity contribution is 5.67. The van der Waals surface area contributed by atoms with Crippen LogP contribution in [-0.2, 0) is 23.9 Å². The molecule has 0 aromatic rings. The highest BCUT2D eigenvalue weighted by Crippen LogP contribution is 2.36. The Balaban J connectivity index is 2.69. The summed E-state index contributed by atoms with van der Waals surface area (Å²) >= 11 is 0. The maximum Gasteiger partial charge on any atom is 0.303 e. The lowest BCUT2D eigenvalue weighted by molar-refractivity contribution is -0.151. The van der Waals surface area contributed by atoms with E-state index < -0.39 is 5.97 Å². The monoisotopic (exact) mass is 478 g/mol. The lowest BCUT2D eigenvalue weighted by atomic mass is 9.75. The highest BCUT2D eigenvalue weighted by atomic mass is 16.5. The Morgan fingerprint density at radius 1 is 0.882 bits per heavy atom. The van der Waals surface area contributed by atoms with E-state index in [1.165, 1.54) is 39.5 Å². The van der Waals surface area contributed by atoms with Crippen LogP contribution in [0.2, 0.25) is 0 Å². The first-order valence-corrected chi connectivity index (χ1v) is 13.2. The Bertz CT molecular complexity index is 653. The standard InChI is InChI=1S/C28H46O6/c1-4-5-6-7-8-9-17-25(33-22(2)29)18-12-10-15-24-16-11-13-19-26(24)27(34-23(3)30)20-14-21-28(31)32/h10,12,15,18,24-27H,4-9,11,13-14,16-17,19-21H2,1-3H3,(H,31,32)/b15-10+,18-12+. The smallest absolute Gasteiger partial charge is 0.303 e. The van der Waals surface area contributed by atoms with Crippen LogP contribution in [0.25, 0.3) is 0 Å². The molecular formula is C28H46O6. The Morgan fingerprint density at radius 3 is 2.24 bits per heavy atom. The van der Waals surface area contributed by atoms with Crippen molar-refractivity contribution in [3.8, 4) is 0 Å². The van der Waals surface area contributed by atoms with Gasteiger partial charge in [-0.1, -0.05) is 70.1 Å². The Hall–Kier alpha value is -2.11. The van der Waals surface area contributed by atoms with Gasteiger partial charge < -0.3 is 14.6 Å². The molecule has 1 aliphatic rings. The van der Waals surface area contributed by atoms with Crippen LogP contribution < -0.4 is 0 Å². The number of carboxylic acids is 1. The summed E-state index contributed by atoms with van der Waals surface area (Å²) < 4.78 is 11.1. The van der Waals surface area contributed by atoms with Crippen molar-refractivity contribution in [1.29, 1.82) is 0 Å². The third-order valence-corrected chi connectivity index (χ3v) is 6.50. The molecule has 0 aromatic carbocycles.